The minimum atomic E-state index is -0.797. The Hall–Kier alpha value is -1.00. The van der Waals surface area contributed by atoms with Gasteiger partial charge in [-0.15, -0.1) is 0 Å². The van der Waals surface area contributed by atoms with E-state index in [4.69, 9.17) is 5.73 Å². The topological polar surface area (TPSA) is 29.3 Å². The molecule has 2 rings (SSSR count). The van der Waals surface area contributed by atoms with E-state index >= 15 is 0 Å². The Bertz CT molecular complexity index is 387. The van der Waals surface area contributed by atoms with Crippen LogP contribution in [0.5, 0.6) is 0 Å². The quantitative estimate of drug-likeness (QED) is 0.852. The van der Waals surface area contributed by atoms with E-state index in [1.807, 2.05) is 0 Å². The molecule has 1 aliphatic rings. The Kier molecular flexibility index (Phi) is 2.95. The van der Waals surface area contributed by atoms with E-state index in [9.17, 15) is 8.78 Å². The monoisotopic (exact) mass is 226 g/mol. The summed E-state index contributed by atoms with van der Waals surface area (Å²) in [5.74, 6) is -1.58. The summed E-state index contributed by atoms with van der Waals surface area (Å²) < 4.78 is 25.7. The first-order valence-electron chi connectivity index (χ1n) is 5.47. The Balaban J connectivity index is 1.94. The van der Waals surface area contributed by atoms with Crippen molar-refractivity contribution in [1.29, 1.82) is 0 Å². The maximum Gasteiger partial charge on any atom is 0.159 e. The largest absolute Gasteiger partial charge is 0.323 e. The van der Waals surface area contributed by atoms with Gasteiger partial charge in [-0.1, -0.05) is 13.0 Å². The zero-order valence-electron chi connectivity index (χ0n) is 9.34. The predicted molar refractivity (Wildman–Crippen MR) is 58.8 cm³/mol. The minimum absolute atomic E-state index is 0.0847. The van der Waals surface area contributed by atoms with Gasteiger partial charge >= 0.3 is 0 Å². The second kappa shape index (κ2) is 4.11. The maximum atomic E-state index is 13.0. The maximum absolute atomic E-state index is 13.0. The van der Waals surface area contributed by atoms with Crippen LogP contribution in [0.25, 0.3) is 0 Å². The summed E-state index contributed by atoms with van der Waals surface area (Å²) >= 11 is 0. The second-order valence-electron chi connectivity index (χ2n) is 4.61. The molecule has 0 unspecified atom stereocenters. The van der Waals surface area contributed by atoms with Crippen LogP contribution in [0.1, 0.15) is 18.9 Å². The van der Waals surface area contributed by atoms with Gasteiger partial charge in [0.25, 0.3) is 0 Å². The highest BCUT2D eigenvalue weighted by molar-refractivity contribution is 5.18. The lowest BCUT2D eigenvalue weighted by atomic mass is 9.88. The zero-order chi connectivity index (χ0) is 11.8. The van der Waals surface area contributed by atoms with Gasteiger partial charge in [0.05, 0.1) is 0 Å². The van der Waals surface area contributed by atoms with Gasteiger partial charge in [0.15, 0.2) is 11.6 Å². The Morgan fingerprint density at radius 3 is 2.56 bits per heavy atom. The SMILES string of the molecule is CCC1(N)CN(Cc2ccc(F)c(F)c2)C1. The lowest BCUT2D eigenvalue weighted by Crippen LogP contribution is -2.66. The summed E-state index contributed by atoms with van der Waals surface area (Å²) in [6.45, 7) is 4.34. The number of benzene rings is 1. The smallest absolute Gasteiger partial charge is 0.159 e. The molecule has 2 N–H and O–H groups in total. The lowest BCUT2D eigenvalue weighted by Gasteiger charge is -2.47. The zero-order valence-corrected chi connectivity index (χ0v) is 9.34. The van der Waals surface area contributed by atoms with E-state index in [0.717, 1.165) is 25.1 Å². The van der Waals surface area contributed by atoms with E-state index in [1.54, 1.807) is 6.07 Å². The van der Waals surface area contributed by atoms with Crippen molar-refractivity contribution in [2.24, 2.45) is 5.73 Å². The fraction of sp³-hybridized carbons (Fsp3) is 0.500. The van der Waals surface area contributed by atoms with Crippen LogP contribution in [0.4, 0.5) is 8.78 Å². The average Bonchev–Trinajstić information content (AvgIpc) is 2.21. The number of nitrogens with zero attached hydrogens (tertiary/aromatic N) is 1. The second-order valence-corrected chi connectivity index (χ2v) is 4.61. The van der Waals surface area contributed by atoms with Crippen LogP contribution in [0.15, 0.2) is 18.2 Å². The highest BCUT2D eigenvalue weighted by Crippen LogP contribution is 2.23. The van der Waals surface area contributed by atoms with Crippen molar-refractivity contribution in [3.8, 4) is 0 Å². The summed E-state index contributed by atoms with van der Waals surface area (Å²) in [4.78, 5) is 2.14. The molecule has 4 heteroatoms. The molecule has 0 saturated carbocycles. The molecule has 16 heavy (non-hydrogen) atoms. The summed E-state index contributed by atoms with van der Waals surface area (Å²) in [6.07, 6.45) is 0.946. The van der Waals surface area contributed by atoms with Crippen molar-refractivity contribution in [2.45, 2.75) is 25.4 Å². The number of nitrogens with two attached hydrogens (primary N) is 1. The van der Waals surface area contributed by atoms with Gasteiger partial charge in [-0.3, -0.25) is 4.90 Å². The van der Waals surface area contributed by atoms with E-state index in [-0.39, 0.29) is 5.54 Å². The first-order chi connectivity index (χ1) is 7.52. The van der Waals surface area contributed by atoms with Crippen LogP contribution < -0.4 is 5.73 Å². The molecule has 1 aliphatic heterocycles. The third-order valence-corrected chi connectivity index (χ3v) is 3.17. The summed E-state index contributed by atoms with van der Waals surface area (Å²) in [7, 11) is 0. The summed E-state index contributed by atoms with van der Waals surface area (Å²) in [5, 5.41) is 0. The van der Waals surface area contributed by atoms with E-state index in [0.29, 0.717) is 6.54 Å². The number of hydrogen-bond donors (Lipinski definition) is 1. The minimum Gasteiger partial charge on any atom is -0.323 e. The van der Waals surface area contributed by atoms with Gasteiger partial charge in [0.1, 0.15) is 0 Å². The van der Waals surface area contributed by atoms with Crippen molar-refractivity contribution >= 4 is 0 Å². The van der Waals surface area contributed by atoms with Gasteiger partial charge in [0.2, 0.25) is 0 Å². The molecule has 1 aromatic carbocycles. The van der Waals surface area contributed by atoms with Crippen molar-refractivity contribution in [3.63, 3.8) is 0 Å². The molecule has 1 heterocycles. The third kappa shape index (κ3) is 2.23. The fourth-order valence-electron chi connectivity index (χ4n) is 2.08. The molecule has 1 fully saturated rings. The first-order valence-corrected chi connectivity index (χ1v) is 5.47. The van der Waals surface area contributed by atoms with Gasteiger partial charge in [-0.05, 0) is 24.1 Å². The van der Waals surface area contributed by atoms with Gasteiger partial charge < -0.3 is 5.73 Å². The van der Waals surface area contributed by atoms with Crippen LogP contribution in [0, 0.1) is 11.6 Å². The third-order valence-electron chi connectivity index (χ3n) is 3.17. The number of likely N-dealkylation sites (tertiary alicyclic amines) is 1. The number of rotatable bonds is 3. The van der Waals surface area contributed by atoms with Crippen molar-refractivity contribution in [3.05, 3.63) is 35.4 Å². The van der Waals surface area contributed by atoms with Crippen molar-refractivity contribution in [2.75, 3.05) is 13.1 Å². The normalized spacial score (nSPS) is 19.5. The first kappa shape index (κ1) is 11.5. The fourth-order valence-corrected chi connectivity index (χ4v) is 2.08. The molecule has 0 aliphatic carbocycles. The molecular formula is C12H16F2N2. The molecule has 88 valence electrons. The molecule has 0 aromatic heterocycles. The van der Waals surface area contributed by atoms with Crippen molar-refractivity contribution < 1.29 is 8.78 Å². The average molecular weight is 226 g/mol. The molecule has 0 amide bonds. The highest BCUT2D eigenvalue weighted by atomic mass is 19.2. The van der Waals surface area contributed by atoms with E-state index in [2.05, 4.69) is 11.8 Å². The number of halogens is 2. The van der Waals surface area contributed by atoms with E-state index < -0.39 is 11.6 Å². The van der Waals surface area contributed by atoms with Crippen LogP contribution in [-0.2, 0) is 6.54 Å². The highest BCUT2D eigenvalue weighted by Gasteiger charge is 2.37. The van der Waals surface area contributed by atoms with Crippen LogP contribution in [-0.4, -0.2) is 23.5 Å². The van der Waals surface area contributed by atoms with Gasteiger partial charge in [-0.25, -0.2) is 8.78 Å². The molecule has 1 aromatic rings. The summed E-state index contributed by atoms with van der Waals surface area (Å²) in [6, 6.07) is 4.03. The van der Waals surface area contributed by atoms with Crippen LogP contribution in [0.2, 0.25) is 0 Å². The molecule has 0 spiro atoms. The number of hydrogen-bond acceptors (Lipinski definition) is 2. The molecule has 2 nitrogen and oxygen atoms in total. The Morgan fingerprint density at radius 2 is 2.00 bits per heavy atom. The molecular weight excluding hydrogens is 210 g/mol. The van der Waals surface area contributed by atoms with Gasteiger partial charge in [0, 0.05) is 25.2 Å². The van der Waals surface area contributed by atoms with Crippen molar-refractivity contribution in [1.82, 2.24) is 4.90 Å². The Morgan fingerprint density at radius 1 is 1.31 bits per heavy atom. The molecule has 0 bridgehead atoms. The molecule has 0 atom stereocenters. The molecule has 1 saturated heterocycles. The lowest BCUT2D eigenvalue weighted by molar-refractivity contribution is 0.0606. The van der Waals surface area contributed by atoms with Crippen LogP contribution in [0.3, 0.4) is 0 Å². The standard InChI is InChI=1S/C12H16F2N2/c1-2-12(15)7-16(8-12)6-9-3-4-10(13)11(14)5-9/h3-5H,2,6-8,15H2,1H3. The van der Waals surface area contributed by atoms with Gasteiger partial charge in [-0.2, -0.15) is 0 Å². The van der Waals surface area contributed by atoms with E-state index in [1.165, 1.54) is 12.1 Å². The Labute approximate surface area is 94.0 Å². The predicted octanol–water partition coefficient (Wildman–Crippen LogP) is 1.89. The summed E-state index contributed by atoms with van der Waals surface area (Å²) in [5.41, 5.74) is 6.73. The van der Waals surface area contributed by atoms with Crippen LogP contribution >= 0.6 is 0 Å². The molecule has 0 radical (unpaired) electrons.